The minimum absolute atomic E-state index is 0.0452. The van der Waals surface area contributed by atoms with Gasteiger partial charge in [0.25, 0.3) is 17.7 Å². The van der Waals surface area contributed by atoms with E-state index in [-0.39, 0.29) is 71.4 Å². The fourth-order valence-corrected chi connectivity index (χ4v) is 12.3. The van der Waals surface area contributed by atoms with Crippen LogP contribution in [0.2, 0.25) is 0 Å². The van der Waals surface area contributed by atoms with Crippen molar-refractivity contribution in [1.82, 2.24) is 104 Å². The summed E-state index contributed by atoms with van der Waals surface area (Å²) >= 11 is 0. The molecule has 1 unspecified atom stereocenters. The molecule has 3 amide bonds. The molecule has 0 bridgehead atoms. The second-order valence-electron chi connectivity index (χ2n) is 27.1. The molecule has 3 aliphatic carbocycles. The summed E-state index contributed by atoms with van der Waals surface area (Å²) in [5.74, 6) is 5.03. The van der Waals surface area contributed by atoms with Gasteiger partial charge in [-0.3, -0.25) is 28.4 Å². The number of hydrogen-bond acceptors (Lipinski definition) is 24. The van der Waals surface area contributed by atoms with Crippen molar-refractivity contribution in [2.24, 2.45) is 17.8 Å². The summed E-state index contributed by atoms with van der Waals surface area (Å²) < 4.78 is 21.6. The fraction of sp³-hybridized carbons (Fsp3) is 0.333. The molecule has 3 atom stereocenters. The number of carbonyl (C=O) groups is 3. The normalized spacial score (nSPS) is 15.1. The van der Waals surface area contributed by atoms with Gasteiger partial charge in [0, 0.05) is 115 Å². The van der Waals surface area contributed by atoms with Crippen LogP contribution in [0.4, 0.5) is 17.8 Å². The number of carbonyl (C=O) groups excluding carboxylic acids is 3. The van der Waals surface area contributed by atoms with E-state index in [0.717, 1.165) is 88.6 Å². The SMILES string of the molecule is CN(C)C(=O)Cn1cc(-c2nc(C(C)(c3ccc(-c4cnc(N)nc4)cc3)C3CC3)no2)cn1.CN(C)C(=O)Cn1cc(-c2nc([C@@](C)(c3ccc(-c4cnc(N)nc4)cc3)C3CC3)no2)cn1.CN(C)C(=O)Cn1cc(-c2nc([C@](C)(c3ccc(-c4cnc(N)nc4)cc3)C3CC3)no2)cn1. The lowest BCUT2D eigenvalue weighted by Gasteiger charge is -2.27. The number of nitrogens with zero attached hydrogens (tertiary/aromatic N) is 21. The van der Waals surface area contributed by atoms with Gasteiger partial charge < -0.3 is 45.5 Å². The maximum atomic E-state index is 12.0. The van der Waals surface area contributed by atoms with E-state index in [1.165, 1.54) is 14.7 Å². The molecule has 9 aromatic heterocycles. The highest BCUT2D eigenvalue weighted by molar-refractivity contribution is 5.76. The van der Waals surface area contributed by atoms with E-state index in [1.807, 2.05) is 0 Å². The minimum atomic E-state index is -0.380. The second kappa shape index (κ2) is 28.2. The predicted molar refractivity (Wildman–Crippen MR) is 376 cm³/mol. The average Bonchev–Trinajstić information content (AvgIpc) is 1.69. The molecule has 0 aliphatic heterocycles. The topological polar surface area (TPSA) is 387 Å². The van der Waals surface area contributed by atoms with Gasteiger partial charge in [-0.25, -0.2) is 29.9 Å². The number of benzene rings is 3. The highest BCUT2D eigenvalue weighted by Gasteiger charge is 2.50. The van der Waals surface area contributed by atoms with Crippen molar-refractivity contribution in [1.29, 1.82) is 0 Å². The first-order chi connectivity index (χ1) is 49.0. The minimum Gasteiger partial charge on any atom is -0.368 e. The van der Waals surface area contributed by atoms with Crippen molar-refractivity contribution in [2.45, 2.75) is 95.2 Å². The van der Waals surface area contributed by atoms with Crippen molar-refractivity contribution in [2.75, 3.05) is 59.5 Å². The van der Waals surface area contributed by atoms with Crippen LogP contribution < -0.4 is 17.2 Å². The molecule has 102 heavy (non-hydrogen) atoms. The van der Waals surface area contributed by atoms with Crippen molar-refractivity contribution in [3.05, 3.63) is 181 Å². The molecule has 12 aromatic rings. The molecule has 3 saturated carbocycles. The van der Waals surface area contributed by atoms with Crippen molar-refractivity contribution >= 4 is 35.6 Å². The van der Waals surface area contributed by atoms with Crippen LogP contribution in [-0.2, 0) is 50.3 Å². The average molecular weight is 1380 g/mol. The van der Waals surface area contributed by atoms with Crippen LogP contribution in [0, 0.1) is 17.8 Å². The van der Waals surface area contributed by atoms with Gasteiger partial charge in [-0.1, -0.05) is 88.3 Å². The summed E-state index contributed by atoms with van der Waals surface area (Å²) in [4.78, 5) is 79.2. The van der Waals surface area contributed by atoms with Crippen molar-refractivity contribution in [3.8, 4) is 67.7 Å². The molecule has 0 radical (unpaired) electrons. The van der Waals surface area contributed by atoms with Gasteiger partial charge in [0.1, 0.15) is 19.6 Å². The van der Waals surface area contributed by atoms with Gasteiger partial charge in [0.05, 0.1) is 51.5 Å². The fourth-order valence-electron chi connectivity index (χ4n) is 12.3. The van der Waals surface area contributed by atoms with Gasteiger partial charge in [-0.05, 0) is 110 Å². The molecule has 0 spiro atoms. The Hall–Kier alpha value is -12.2. The lowest BCUT2D eigenvalue weighted by molar-refractivity contribution is -0.130. The summed E-state index contributed by atoms with van der Waals surface area (Å²) in [6.45, 7) is 6.96. The summed E-state index contributed by atoms with van der Waals surface area (Å²) in [6, 6.07) is 24.9. The predicted octanol–water partition coefficient (Wildman–Crippen LogP) is 8.33. The molecule has 30 heteroatoms. The lowest BCUT2D eigenvalue weighted by atomic mass is 9.76. The Morgan fingerprint density at radius 1 is 0.373 bits per heavy atom. The highest BCUT2D eigenvalue weighted by atomic mass is 16.5. The largest absolute Gasteiger partial charge is 0.368 e. The summed E-state index contributed by atoms with van der Waals surface area (Å²) in [6.07, 6.45) is 27.1. The molecule has 9 heterocycles. The Morgan fingerprint density at radius 3 is 0.824 bits per heavy atom. The van der Waals surface area contributed by atoms with Crippen LogP contribution >= 0.6 is 0 Å². The van der Waals surface area contributed by atoms with E-state index in [0.29, 0.717) is 69.6 Å². The van der Waals surface area contributed by atoms with Crippen LogP contribution in [0.1, 0.15) is 93.5 Å². The van der Waals surface area contributed by atoms with Gasteiger partial charge in [0.2, 0.25) is 35.6 Å². The molecule has 15 rings (SSSR count). The number of nitrogens with two attached hydrogens (primary N) is 3. The molecule has 6 N–H and O–H groups in total. The van der Waals surface area contributed by atoms with E-state index < -0.39 is 0 Å². The summed E-state index contributed by atoms with van der Waals surface area (Å²) in [7, 11) is 10.3. The van der Waals surface area contributed by atoms with Crippen LogP contribution in [-0.4, -0.2) is 164 Å². The molecule has 522 valence electrons. The Balaban J connectivity index is 0.000000137. The van der Waals surface area contributed by atoms with Crippen LogP contribution in [0.3, 0.4) is 0 Å². The number of aromatic nitrogens is 18. The van der Waals surface area contributed by atoms with Gasteiger partial charge in [-0.15, -0.1) is 0 Å². The number of hydrogen-bond donors (Lipinski definition) is 3. The molecular formula is C72H78N24O6. The Kier molecular flexibility index (Phi) is 18.9. The third-order valence-electron chi connectivity index (χ3n) is 19.4. The Morgan fingerprint density at radius 2 is 0.608 bits per heavy atom. The number of nitrogen functional groups attached to an aromatic ring is 3. The summed E-state index contributed by atoms with van der Waals surface area (Å²) in [5, 5.41) is 25.9. The Bertz CT molecular complexity index is 4410. The van der Waals surface area contributed by atoms with E-state index in [9.17, 15) is 14.4 Å². The molecule has 3 aromatic carbocycles. The smallest absolute Gasteiger partial charge is 0.261 e. The van der Waals surface area contributed by atoms with E-state index in [1.54, 1.807) is 131 Å². The van der Waals surface area contributed by atoms with Crippen LogP contribution in [0.5, 0.6) is 0 Å². The third-order valence-corrected chi connectivity index (χ3v) is 19.4. The maximum Gasteiger partial charge on any atom is 0.261 e. The molecule has 3 fully saturated rings. The molecule has 30 nitrogen and oxygen atoms in total. The zero-order valence-corrected chi connectivity index (χ0v) is 58.0. The monoisotopic (exact) mass is 1370 g/mol. The van der Waals surface area contributed by atoms with Crippen LogP contribution in [0.15, 0.2) is 161 Å². The zero-order valence-electron chi connectivity index (χ0n) is 58.0. The highest BCUT2D eigenvalue weighted by Crippen LogP contribution is 2.53. The maximum absolute atomic E-state index is 12.0. The first-order valence-electron chi connectivity index (χ1n) is 33.3. The van der Waals surface area contributed by atoms with Gasteiger partial charge in [-0.2, -0.15) is 30.2 Å². The van der Waals surface area contributed by atoms with Crippen LogP contribution in [0.25, 0.3) is 67.7 Å². The standard InChI is InChI=1S/3C24H26N8O2/c3*1-24(19-8-9-19,18-6-4-15(5-7-18)16-10-26-23(25)27-11-16)22-29-21(34-30-22)17-12-28-32(13-17)14-20(33)31(2)3/h3*4-7,10-13,19H,8-9,14H2,1-3H3,(H2,25,26,27)/t2*24-;/m10./s1. The van der Waals surface area contributed by atoms with Crippen molar-refractivity contribution < 1.29 is 28.0 Å². The number of likely N-dealkylation sites (N-methyl/N-ethyl adjacent to an activating group) is 3. The Labute approximate surface area is 586 Å². The number of amides is 3. The van der Waals surface area contributed by atoms with Crippen molar-refractivity contribution in [3.63, 3.8) is 0 Å². The van der Waals surface area contributed by atoms with E-state index in [4.69, 9.17) is 45.7 Å². The quantitative estimate of drug-likeness (QED) is 0.0608. The molecule has 0 saturated heterocycles. The molecule has 3 aliphatic rings. The first-order valence-corrected chi connectivity index (χ1v) is 33.3. The third kappa shape index (κ3) is 14.6. The first kappa shape index (κ1) is 68.3. The molecular weight excluding hydrogens is 1300 g/mol. The number of rotatable bonds is 21. The van der Waals surface area contributed by atoms with Gasteiger partial charge >= 0.3 is 0 Å². The zero-order chi connectivity index (χ0) is 71.6. The van der Waals surface area contributed by atoms with E-state index in [2.05, 4.69) is 154 Å². The lowest BCUT2D eigenvalue weighted by Crippen LogP contribution is -2.28. The second-order valence-corrected chi connectivity index (χ2v) is 27.1. The van der Waals surface area contributed by atoms with Gasteiger partial charge in [0.15, 0.2) is 17.5 Å². The summed E-state index contributed by atoms with van der Waals surface area (Å²) in [5.41, 5.74) is 26.8. The van der Waals surface area contributed by atoms with E-state index >= 15 is 0 Å². The number of anilines is 3.